The van der Waals surface area contributed by atoms with Crippen LogP contribution in [0.3, 0.4) is 0 Å². The molecule has 0 aromatic rings. The third kappa shape index (κ3) is 28.3. The standard InChI is InChI=1S/C35H68O4/c1-6-33(35(37)39-30-24-18-20-26-32(4)5)27-21-15-13-11-9-7-8-10-12-14-16-22-28-34(36)38-29-23-17-19-25-31(2)3/h31-33H,6-30H2,1-5H3. The van der Waals surface area contributed by atoms with Gasteiger partial charge in [0.15, 0.2) is 0 Å². The minimum atomic E-state index is -0.00749. The summed E-state index contributed by atoms with van der Waals surface area (Å²) in [6.07, 6.45) is 26.8. The van der Waals surface area contributed by atoms with Gasteiger partial charge in [0.25, 0.3) is 0 Å². The van der Waals surface area contributed by atoms with E-state index in [1.54, 1.807) is 0 Å². The van der Waals surface area contributed by atoms with Crippen molar-refractivity contribution in [3.8, 4) is 0 Å². The van der Waals surface area contributed by atoms with Crippen molar-refractivity contribution in [3.63, 3.8) is 0 Å². The smallest absolute Gasteiger partial charge is 0.308 e. The predicted molar refractivity (Wildman–Crippen MR) is 167 cm³/mol. The Morgan fingerprint density at radius 3 is 1.33 bits per heavy atom. The predicted octanol–water partition coefficient (Wildman–Crippen LogP) is 11.0. The summed E-state index contributed by atoms with van der Waals surface area (Å²) in [4.78, 5) is 24.1. The van der Waals surface area contributed by atoms with Crippen molar-refractivity contribution in [2.45, 2.75) is 182 Å². The number of esters is 2. The summed E-state index contributed by atoms with van der Waals surface area (Å²) < 4.78 is 10.9. The molecule has 0 aromatic heterocycles. The van der Waals surface area contributed by atoms with Gasteiger partial charge in [0.05, 0.1) is 19.1 Å². The lowest BCUT2D eigenvalue weighted by atomic mass is 9.97. The molecule has 0 amide bonds. The van der Waals surface area contributed by atoms with Gasteiger partial charge in [-0.05, 0) is 43.9 Å². The molecular formula is C35H68O4. The van der Waals surface area contributed by atoms with Crippen LogP contribution in [-0.2, 0) is 19.1 Å². The van der Waals surface area contributed by atoms with Crippen LogP contribution in [0.4, 0.5) is 0 Å². The summed E-state index contributed by atoms with van der Waals surface area (Å²) in [5.41, 5.74) is 0. The highest BCUT2D eigenvalue weighted by atomic mass is 16.5. The van der Waals surface area contributed by atoms with Gasteiger partial charge in [-0.15, -0.1) is 0 Å². The SMILES string of the molecule is CCC(CCCCCCCCCCCCCCC(=O)OCCCCCC(C)C)C(=O)OCCCCCC(C)C. The van der Waals surface area contributed by atoms with Crippen LogP contribution < -0.4 is 0 Å². The van der Waals surface area contributed by atoms with Crippen LogP contribution in [0.5, 0.6) is 0 Å². The van der Waals surface area contributed by atoms with Gasteiger partial charge < -0.3 is 9.47 Å². The molecule has 0 radical (unpaired) electrons. The molecule has 232 valence electrons. The average Bonchev–Trinajstić information content (AvgIpc) is 2.90. The van der Waals surface area contributed by atoms with Gasteiger partial charge in [-0.3, -0.25) is 9.59 Å². The van der Waals surface area contributed by atoms with Crippen LogP contribution in [0.1, 0.15) is 182 Å². The number of carbonyl (C=O) groups excluding carboxylic acids is 2. The second-order valence-corrected chi connectivity index (χ2v) is 12.8. The topological polar surface area (TPSA) is 52.6 Å². The lowest BCUT2D eigenvalue weighted by Crippen LogP contribution is -2.17. The van der Waals surface area contributed by atoms with E-state index in [1.807, 2.05) is 0 Å². The van der Waals surface area contributed by atoms with Crippen molar-refractivity contribution in [1.29, 1.82) is 0 Å². The van der Waals surface area contributed by atoms with Crippen molar-refractivity contribution in [2.75, 3.05) is 13.2 Å². The second-order valence-electron chi connectivity index (χ2n) is 12.8. The average molecular weight is 553 g/mol. The molecule has 0 heterocycles. The van der Waals surface area contributed by atoms with E-state index in [0.29, 0.717) is 19.6 Å². The Bertz CT molecular complexity index is 543. The van der Waals surface area contributed by atoms with Gasteiger partial charge in [-0.1, -0.05) is 144 Å². The van der Waals surface area contributed by atoms with E-state index in [-0.39, 0.29) is 17.9 Å². The number of hydrogen-bond donors (Lipinski definition) is 0. The first-order valence-corrected chi connectivity index (χ1v) is 17.2. The highest BCUT2D eigenvalue weighted by Gasteiger charge is 2.17. The molecular weight excluding hydrogens is 484 g/mol. The van der Waals surface area contributed by atoms with Crippen LogP contribution in [-0.4, -0.2) is 25.2 Å². The molecule has 0 bridgehead atoms. The molecule has 0 saturated heterocycles. The number of rotatable bonds is 29. The summed E-state index contributed by atoms with van der Waals surface area (Å²) in [7, 11) is 0. The molecule has 4 heteroatoms. The molecule has 0 aromatic carbocycles. The summed E-state index contributed by atoms with van der Waals surface area (Å²) in [6, 6.07) is 0. The Balaban J connectivity index is 3.42. The first-order valence-electron chi connectivity index (χ1n) is 17.2. The minimum absolute atomic E-state index is 0.00749. The first-order chi connectivity index (χ1) is 18.9. The Labute approximate surface area is 244 Å². The molecule has 0 aliphatic heterocycles. The molecule has 0 N–H and O–H groups in total. The Morgan fingerprint density at radius 2 is 0.872 bits per heavy atom. The zero-order valence-electron chi connectivity index (χ0n) is 27.0. The van der Waals surface area contributed by atoms with Crippen molar-refractivity contribution >= 4 is 11.9 Å². The van der Waals surface area contributed by atoms with Gasteiger partial charge >= 0.3 is 11.9 Å². The molecule has 0 aliphatic rings. The quantitative estimate of drug-likeness (QED) is 0.0684. The van der Waals surface area contributed by atoms with E-state index in [1.165, 1.54) is 96.3 Å². The van der Waals surface area contributed by atoms with Gasteiger partial charge in [0.2, 0.25) is 0 Å². The van der Waals surface area contributed by atoms with Crippen LogP contribution >= 0.6 is 0 Å². The molecule has 0 rings (SSSR count). The lowest BCUT2D eigenvalue weighted by Gasteiger charge is -2.14. The van der Waals surface area contributed by atoms with Gasteiger partial charge in [0, 0.05) is 6.42 Å². The summed E-state index contributed by atoms with van der Waals surface area (Å²) in [5, 5.41) is 0. The first kappa shape index (κ1) is 37.9. The molecule has 0 spiro atoms. The van der Waals surface area contributed by atoms with E-state index >= 15 is 0 Å². The molecule has 0 aliphatic carbocycles. The van der Waals surface area contributed by atoms with E-state index in [4.69, 9.17) is 9.47 Å². The van der Waals surface area contributed by atoms with Crippen LogP contribution in [0.15, 0.2) is 0 Å². The highest BCUT2D eigenvalue weighted by molar-refractivity contribution is 5.72. The maximum atomic E-state index is 12.3. The molecule has 4 nitrogen and oxygen atoms in total. The molecule has 39 heavy (non-hydrogen) atoms. The maximum Gasteiger partial charge on any atom is 0.308 e. The monoisotopic (exact) mass is 553 g/mol. The fourth-order valence-corrected chi connectivity index (χ4v) is 5.13. The Hall–Kier alpha value is -1.06. The van der Waals surface area contributed by atoms with Gasteiger partial charge in [0.1, 0.15) is 0 Å². The number of ether oxygens (including phenoxy) is 2. The van der Waals surface area contributed by atoms with Crippen LogP contribution in [0, 0.1) is 17.8 Å². The van der Waals surface area contributed by atoms with E-state index in [9.17, 15) is 9.59 Å². The zero-order chi connectivity index (χ0) is 29.0. The fraction of sp³-hybridized carbons (Fsp3) is 0.943. The van der Waals surface area contributed by atoms with Crippen molar-refractivity contribution in [2.24, 2.45) is 17.8 Å². The second kappa shape index (κ2) is 28.5. The summed E-state index contributed by atoms with van der Waals surface area (Å²) in [6.45, 7) is 12.3. The van der Waals surface area contributed by atoms with E-state index in [2.05, 4.69) is 34.6 Å². The highest BCUT2D eigenvalue weighted by Crippen LogP contribution is 2.18. The van der Waals surface area contributed by atoms with E-state index in [0.717, 1.165) is 56.8 Å². The Kier molecular flexibility index (Phi) is 27.7. The van der Waals surface area contributed by atoms with Gasteiger partial charge in [-0.2, -0.15) is 0 Å². The van der Waals surface area contributed by atoms with E-state index < -0.39 is 0 Å². The molecule has 0 saturated carbocycles. The number of unbranched alkanes of at least 4 members (excludes halogenated alkanes) is 15. The number of carbonyl (C=O) groups is 2. The summed E-state index contributed by atoms with van der Waals surface area (Å²) >= 11 is 0. The third-order valence-corrected chi connectivity index (χ3v) is 7.87. The largest absolute Gasteiger partial charge is 0.466 e. The molecule has 1 unspecified atom stereocenters. The number of hydrogen-bond acceptors (Lipinski definition) is 4. The molecule has 1 atom stereocenters. The summed E-state index contributed by atoms with van der Waals surface area (Å²) in [5.74, 6) is 1.65. The maximum absolute atomic E-state index is 12.3. The van der Waals surface area contributed by atoms with Crippen LogP contribution in [0.25, 0.3) is 0 Å². The zero-order valence-corrected chi connectivity index (χ0v) is 27.0. The minimum Gasteiger partial charge on any atom is -0.466 e. The van der Waals surface area contributed by atoms with Crippen molar-refractivity contribution < 1.29 is 19.1 Å². The van der Waals surface area contributed by atoms with Crippen molar-refractivity contribution in [3.05, 3.63) is 0 Å². The lowest BCUT2D eigenvalue weighted by molar-refractivity contribution is -0.149. The molecule has 0 fully saturated rings. The Morgan fingerprint density at radius 1 is 0.487 bits per heavy atom. The fourth-order valence-electron chi connectivity index (χ4n) is 5.13. The van der Waals surface area contributed by atoms with Gasteiger partial charge in [-0.25, -0.2) is 0 Å². The third-order valence-electron chi connectivity index (χ3n) is 7.87. The van der Waals surface area contributed by atoms with Crippen LogP contribution in [0.2, 0.25) is 0 Å². The normalized spacial score (nSPS) is 12.3. The van der Waals surface area contributed by atoms with Crippen molar-refractivity contribution in [1.82, 2.24) is 0 Å².